The van der Waals surface area contributed by atoms with Crippen molar-refractivity contribution in [1.29, 1.82) is 0 Å². The van der Waals surface area contributed by atoms with Gasteiger partial charge in [0.1, 0.15) is 5.69 Å². The summed E-state index contributed by atoms with van der Waals surface area (Å²) in [5, 5.41) is 7.01. The van der Waals surface area contributed by atoms with Crippen molar-refractivity contribution in [2.75, 3.05) is 5.73 Å². The number of hydrogen-bond donors (Lipinski definition) is 2. The van der Waals surface area contributed by atoms with E-state index in [4.69, 9.17) is 5.73 Å². The summed E-state index contributed by atoms with van der Waals surface area (Å²) in [7, 11) is 0. The first-order valence-corrected chi connectivity index (χ1v) is 7.19. The van der Waals surface area contributed by atoms with Crippen LogP contribution < -0.4 is 11.1 Å². The van der Waals surface area contributed by atoms with E-state index < -0.39 is 0 Å². The minimum Gasteiger partial charge on any atom is -0.396 e. The molecule has 0 saturated heterocycles. The molecule has 6 heteroatoms. The molecule has 0 aliphatic rings. The van der Waals surface area contributed by atoms with E-state index >= 15 is 0 Å². The molecule has 0 spiro atoms. The molecule has 0 radical (unpaired) electrons. The summed E-state index contributed by atoms with van der Waals surface area (Å²) in [6, 6.07) is 7.72. The van der Waals surface area contributed by atoms with Gasteiger partial charge in [-0.3, -0.25) is 9.48 Å². The van der Waals surface area contributed by atoms with Crippen molar-refractivity contribution >= 4 is 27.5 Å². The van der Waals surface area contributed by atoms with Crippen LogP contribution in [0, 0.1) is 0 Å². The van der Waals surface area contributed by atoms with Gasteiger partial charge in [0.05, 0.1) is 17.9 Å². The first-order valence-electron chi connectivity index (χ1n) is 6.40. The molecule has 2 aromatic rings. The summed E-state index contributed by atoms with van der Waals surface area (Å²) < 4.78 is 2.58. The van der Waals surface area contributed by atoms with Gasteiger partial charge in [0.25, 0.3) is 5.91 Å². The molecule has 0 aliphatic heterocycles. The van der Waals surface area contributed by atoms with Crippen LogP contribution in [-0.2, 0) is 6.54 Å². The second-order valence-electron chi connectivity index (χ2n) is 4.51. The topological polar surface area (TPSA) is 72.9 Å². The second kappa shape index (κ2) is 6.09. The van der Waals surface area contributed by atoms with E-state index in [-0.39, 0.29) is 11.9 Å². The lowest BCUT2D eigenvalue weighted by Crippen LogP contribution is -2.29. The molecular formula is C14H17BrN4O. The van der Waals surface area contributed by atoms with Crippen molar-refractivity contribution in [3.63, 3.8) is 0 Å². The normalized spacial score (nSPS) is 12.2. The molecule has 20 heavy (non-hydrogen) atoms. The number of carbonyl (C=O) groups excluding carboxylic acids is 1. The van der Waals surface area contributed by atoms with Crippen LogP contribution in [0.5, 0.6) is 0 Å². The highest BCUT2D eigenvalue weighted by molar-refractivity contribution is 9.10. The standard InChI is InChI=1S/C14H17BrN4O/c1-3-19-13(12(16)8-17-19)14(20)18-9(2)10-5-4-6-11(15)7-10/h4-9H,3,16H2,1-2H3,(H,18,20). The molecule has 1 aromatic heterocycles. The van der Waals surface area contributed by atoms with E-state index in [1.807, 2.05) is 38.1 Å². The Morgan fingerprint density at radius 3 is 2.95 bits per heavy atom. The molecule has 1 heterocycles. The van der Waals surface area contributed by atoms with Gasteiger partial charge in [0.15, 0.2) is 0 Å². The summed E-state index contributed by atoms with van der Waals surface area (Å²) in [5.41, 5.74) is 7.63. The van der Waals surface area contributed by atoms with Crippen molar-refractivity contribution in [3.8, 4) is 0 Å². The third kappa shape index (κ3) is 3.01. The number of nitrogens with two attached hydrogens (primary N) is 1. The number of anilines is 1. The Labute approximate surface area is 126 Å². The van der Waals surface area contributed by atoms with Crippen LogP contribution in [0.2, 0.25) is 0 Å². The summed E-state index contributed by atoms with van der Waals surface area (Å²) in [6.45, 7) is 4.45. The van der Waals surface area contributed by atoms with Gasteiger partial charge in [-0.25, -0.2) is 0 Å². The molecule has 0 aliphatic carbocycles. The van der Waals surface area contributed by atoms with E-state index in [1.54, 1.807) is 4.68 Å². The summed E-state index contributed by atoms with van der Waals surface area (Å²) >= 11 is 3.42. The average Bonchev–Trinajstić information content (AvgIpc) is 2.79. The summed E-state index contributed by atoms with van der Waals surface area (Å²) in [6.07, 6.45) is 1.50. The monoisotopic (exact) mass is 336 g/mol. The molecule has 1 atom stereocenters. The Balaban J connectivity index is 2.17. The van der Waals surface area contributed by atoms with Gasteiger partial charge in [0.2, 0.25) is 0 Å². The molecule has 1 amide bonds. The van der Waals surface area contributed by atoms with E-state index in [0.29, 0.717) is 17.9 Å². The van der Waals surface area contributed by atoms with Crippen molar-refractivity contribution in [3.05, 3.63) is 46.2 Å². The number of rotatable bonds is 4. The maximum absolute atomic E-state index is 12.3. The maximum atomic E-state index is 12.3. The Morgan fingerprint density at radius 1 is 1.55 bits per heavy atom. The SMILES string of the molecule is CCn1ncc(N)c1C(=O)NC(C)c1cccc(Br)c1. The maximum Gasteiger partial charge on any atom is 0.272 e. The third-order valence-electron chi connectivity index (χ3n) is 3.08. The number of aromatic nitrogens is 2. The highest BCUT2D eigenvalue weighted by atomic mass is 79.9. The number of halogens is 1. The molecule has 5 nitrogen and oxygen atoms in total. The molecular weight excluding hydrogens is 320 g/mol. The Bertz CT molecular complexity index is 623. The average molecular weight is 337 g/mol. The lowest BCUT2D eigenvalue weighted by molar-refractivity contribution is 0.0930. The zero-order valence-electron chi connectivity index (χ0n) is 11.4. The van der Waals surface area contributed by atoms with Gasteiger partial charge in [0, 0.05) is 11.0 Å². The largest absolute Gasteiger partial charge is 0.396 e. The number of aryl methyl sites for hydroxylation is 1. The smallest absolute Gasteiger partial charge is 0.272 e. The van der Waals surface area contributed by atoms with Crippen LogP contribution >= 0.6 is 15.9 Å². The third-order valence-corrected chi connectivity index (χ3v) is 3.57. The quantitative estimate of drug-likeness (QED) is 0.901. The molecule has 0 saturated carbocycles. The van der Waals surface area contributed by atoms with Crippen LogP contribution in [0.15, 0.2) is 34.9 Å². The lowest BCUT2D eigenvalue weighted by Gasteiger charge is -2.15. The van der Waals surface area contributed by atoms with Crippen molar-refractivity contribution < 1.29 is 4.79 Å². The summed E-state index contributed by atoms with van der Waals surface area (Å²) in [4.78, 5) is 12.3. The summed E-state index contributed by atoms with van der Waals surface area (Å²) in [5.74, 6) is -0.214. The molecule has 0 bridgehead atoms. The van der Waals surface area contributed by atoms with Crippen LogP contribution in [0.4, 0.5) is 5.69 Å². The zero-order valence-corrected chi connectivity index (χ0v) is 13.0. The van der Waals surface area contributed by atoms with E-state index in [0.717, 1.165) is 10.0 Å². The van der Waals surface area contributed by atoms with Crippen LogP contribution in [-0.4, -0.2) is 15.7 Å². The predicted molar refractivity (Wildman–Crippen MR) is 82.3 cm³/mol. The number of nitrogens with zero attached hydrogens (tertiary/aromatic N) is 2. The molecule has 0 fully saturated rings. The van der Waals surface area contributed by atoms with Gasteiger partial charge in [-0.2, -0.15) is 5.10 Å². The van der Waals surface area contributed by atoms with Crippen LogP contribution in [0.3, 0.4) is 0 Å². The molecule has 106 valence electrons. The van der Waals surface area contributed by atoms with Crippen LogP contribution in [0.1, 0.15) is 35.9 Å². The van der Waals surface area contributed by atoms with Gasteiger partial charge in [-0.05, 0) is 31.5 Å². The minimum absolute atomic E-state index is 0.111. The fourth-order valence-electron chi connectivity index (χ4n) is 2.01. The molecule has 1 aromatic carbocycles. The number of nitrogens with one attached hydrogen (secondary N) is 1. The van der Waals surface area contributed by atoms with Gasteiger partial charge in [-0.15, -0.1) is 0 Å². The fourth-order valence-corrected chi connectivity index (χ4v) is 2.43. The lowest BCUT2D eigenvalue weighted by atomic mass is 10.1. The highest BCUT2D eigenvalue weighted by Gasteiger charge is 2.18. The highest BCUT2D eigenvalue weighted by Crippen LogP contribution is 2.19. The van der Waals surface area contributed by atoms with Gasteiger partial charge < -0.3 is 11.1 Å². The Morgan fingerprint density at radius 2 is 2.30 bits per heavy atom. The number of nitrogen functional groups attached to an aromatic ring is 1. The van der Waals surface area contributed by atoms with Gasteiger partial charge >= 0.3 is 0 Å². The number of carbonyl (C=O) groups is 1. The van der Waals surface area contributed by atoms with Crippen molar-refractivity contribution in [1.82, 2.24) is 15.1 Å². The minimum atomic E-state index is -0.214. The number of hydrogen-bond acceptors (Lipinski definition) is 3. The van der Waals surface area contributed by atoms with Crippen LogP contribution in [0.25, 0.3) is 0 Å². The first-order chi connectivity index (χ1) is 9.52. The van der Waals surface area contributed by atoms with E-state index in [2.05, 4.69) is 26.3 Å². The molecule has 3 N–H and O–H groups in total. The number of amides is 1. The molecule has 1 unspecified atom stereocenters. The van der Waals surface area contributed by atoms with E-state index in [9.17, 15) is 4.79 Å². The fraction of sp³-hybridized carbons (Fsp3) is 0.286. The van der Waals surface area contributed by atoms with Crippen molar-refractivity contribution in [2.24, 2.45) is 0 Å². The Kier molecular flexibility index (Phi) is 4.44. The predicted octanol–water partition coefficient (Wildman–Crippen LogP) is 2.74. The second-order valence-corrected chi connectivity index (χ2v) is 5.43. The Hall–Kier alpha value is -1.82. The van der Waals surface area contributed by atoms with Gasteiger partial charge in [-0.1, -0.05) is 28.1 Å². The van der Waals surface area contributed by atoms with Crippen molar-refractivity contribution in [2.45, 2.75) is 26.4 Å². The molecule has 2 rings (SSSR count). The van der Waals surface area contributed by atoms with E-state index in [1.165, 1.54) is 6.20 Å². The number of benzene rings is 1. The zero-order chi connectivity index (χ0) is 14.7. The first kappa shape index (κ1) is 14.6.